The number of aryl methyl sites for hydroxylation is 1. The monoisotopic (exact) mass is 477 g/mol. The highest BCUT2D eigenvalue weighted by Gasteiger charge is 2.19. The number of aromatic nitrogens is 1. The molecule has 0 aliphatic heterocycles. The van der Waals surface area contributed by atoms with Gasteiger partial charge in [0.05, 0.1) is 34.4 Å². The maximum atomic E-state index is 9.59. The van der Waals surface area contributed by atoms with Crippen molar-refractivity contribution in [2.75, 3.05) is 0 Å². The van der Waals surface area contributed by atoms with Crippen LogP contribution in [-0.2, 0) is 6.42 Å². The zero-order valence-electron chi connectivity index (χ0n) is 19.3. The Bertz CT molecular complexity index is 1970. The van der Waals surface area contributed by atoms with Crippen molar-refractivity contribution in [2.24, 2.45) is 0 Å². The number of hydrogen-bond donors (Lipinski definition) is 0. The summed E-state index contributed by atoms with van der Waals surface area (Å²) in [5.74, 6) is 0. The third kappa shape index (κ3) is 3.02. The lowest BCUT2D eigenvalue weighted by Gasteiger charge is -2.14. The molecule has 6 aromatic rings. The molecule has 7 rings (SSSR count). The number of benzene rings is 4. The van der Waals surface area contributed by atoms with E-state index in [-0.39, 0.29) is 0 Å². The first-order chi connectivity index (χ1) is 17.7. The Labute approximate surface area is 212 Å². The first kappa shape index (κ1) is 20.7. The number of nitriles is 2. The van der Waals surface area contributed by atoms with Crippen LogP contribution in [-0.4, -0.2) is 4.57 Å². The van der Waals surface area contributed by atoms with Crippen LogP contribution in [0.3, 0.4) is 0 Å². The summed E-state index contributed by atoms with van der Waals surface area (Å²) < 4.78 is 3.53. The molecule has 0 unspecified atom stereocenters. The molecule has 0 spiro atoms. The van der Waals surface area contributed by atoms with Crippen LogP contribution in [0.5, 0.6) is 0 Å². The molecule has 4 heteroatoms. The zero-order chi connectivity index (χ0) is 24.2. The van der Waals surface area contributed by atoms with Crippen LogP contribution >= 0.6 is 11.3 Å². The quantitative estimate of drug-likeness (QED) is 0.251. The summed E-state index contributed by atoms with van der Waals surface area (Å²) in [6.45, 7) is 0. The average molecular weight is 478 g/mol. The van der Waals surface area contributed by atoms with Crippen LogP contribution < -0.4 is 0 Å². The van der Waals surface area contributed by atoms with E-state index in [1.807, 2.05) is 12.1 Å². The van der Waals surface area contributed by atoms with E-state index >= 15 is 0 Å². The van der Waals surface area contributed by atoms with Crippen molar-refractivity contribution in [3.63, 3.8) is 0 Å². The standard InChI is InChI=1S/C32H19N3S/c33-18-20-9-12-25-24-6-2-4-8-29(24)35(30(25)15-20)28-7-3-1-5-23(28)22-11-14-27-26-13-10-21(19-34)16-31(26)36-32(27)17-22/h1-9,11-12,14-17H,10,13H2. The van der Waals surface area contributed by atoms with Crippen molar-refractivity contribution < 1.29 is 0 Å². The van der Waals surface area contributed by atoms with Gasteiger partial charge in [-0.3, -0.25) is 0 Å². The summed E-state index contributed by atoms with van der Waals surface area (Å²) in [5, 5.41) is 22.5. The van der Waals surface area contributed by atoms with Gasteiger partial charge in [-0.1, -0.05) is 54.6 Å². The third-order valence-electron chi connectivity index (χ3n) is 7.18. The summed E-state index contributed by atoms with van der Waals surface area (Å²) in [7, 11) is 0. The number of thiophene rings is 1. The first-order valence-electron chi connectivity index (χ1n) is 11.9. The molecule has 0 radical (unpaired) electrons. The Morgan fingerprint density at radius 1 is 0.722 bits per heavy atom. The molecule has 0 fully saturated rings. The van der Waals surface area contributed by atoms with Gasteiger partial charge in [0.25, 0.3) is 0 Å². The van der Waals surface area contributed by atoms with Crippen molar-refractivity contribution in [3.8, 4) is 29.0 Å². The molecule has 2 aromatic heterocycles. The van der Waals surface area contributed by atoms with Gasteiger partial charge in [0.15, 0.2) is 0 Å². The van der Waals surface area contributed by atoms with Crippen LogP contribution in [0.25, 0.3) is 54.8 Å². The Morgan fingerprint density at radius 2 is 1.53 bits per heavy atom. The molecular weight excluding hydrogens is 458 g/mol. The maximum absolute atomic E-state index is 9.59. The fourth-order valence-corrected chi connectivity index (χ4v) is 6.76. The molecule has 1 aliphatic carbocycles. The first-order valence-corrected chi connectivity index (χ1v) is 12.8. The second kappa shape index (κ2) is 7.95. The minimum atomic E-state index is 0.652. The van der Waals surface area contributed by atoms with Gasteiger partial charge in [0, 0.05) is 31.5 Å². The van der Waals surface area contributed by atoms with E-state index in [4.69, 9.17) is 0 Å². The lowest BCUT2D eigenvalue weighted by molar-refractivity contribution is 0.970. The molecule has 3 nitrogen and oxygen atoms in total. The SMILES string of the molecule is N#CC1=Cc2sc3cc(-c4ccccc4-n4c5ccccc5c5ccc(C#N)cc54)ccc3c2CC1. The van der Waals surface area contributed by atoms with Crippen LogP contribution in [0.15, 0.2) is 90.5 Å². The van der Waals surface area contributed by atoms with Crippen molar-refractivity contribution in [1.82, 2.24) is 4.57 Å². The summed E-state index contributed by atoms with van der Waals surface area (Å²) in [5.41, 5.74) is 8.42. The van der Waals surface area contributed by atoms with Crippen molar-refractivity contribution in [2.45, 2.75) is 12.8 Å². The van der Waals surface area contributed by atoms with Crippen LogP contribution in [0.1, 0.15) is 22.4 Å². The molecule has 168 valence electrons. The highest BCUT2D eigenvalue weighted by Crippen LogP contribution is 2.41. The molecule has 36 heavy (non-hydrogen) atoms. The Kier molecular flexibility index (Phi) is 4.58. The third-order valence-corrected chi connectivity index (χ3v) is 8.32. The summed E-state index contributed by atoms with van der Waals surface area (Å²) in [6, 6.07) is 34.2. The number of hydrogen-bond acceptors (Lipinski definition) is 3. The minimum Gasteiger partial charge on any atom is -0.309 e. The lowest BCUT2D eigenvalue weighted by Crippen LogP contribution is -1.97. The maximum Gasteiger partial charge on any atom is 0.0992 e. The molecule has 1 aliphatic rings. The van der Waals surface area contributed by atoms with E-state index in [1.165, 1.54) is 25.9 Å². The average Bonchev–Trinajstić information content (AvgIpc) is 3.46. The molecule has 0 atom stereocenters. The summed E-state index contributed by atoms with van der Waals surface area (Å²) >= 11 is 1.77. The number of rotatable bonds is 2. The fourth-order valence-electron chi connectivity index (χ4n) is 5.50. The zero-order valence-corrected chi connectivity index (χ0v) is 20.1. The fraction of sp³-hybridized carbons (Fsp3) is 0.0625. The van der Waals surface area contributed by atoms with Gasteiger partial charge in [-0.2, -0.15) is 10.5 Å². The molecule has 4 aromatic carbocycles. The highest BCUT2D eigenvalue weighted by molar-refractivity contribution is 7.20. The molecule has 0 saturated carbocycles. The summed E-state index contributed by atoms with van der Waals surface area (Å²) in [6.07, 6.45) is 3.80. The molecule has 0 saturated heterocycles. The van der Waals surface area contributed by atoms with E-state index < -0.39 is 0 Å². The van der Waals surface area contributed by atoms with Gasteiger partial charge < -0.3 is 4.57 Å². The second-order valence-corrected chi connectivity index (χ2v) is 10.2. The highest BCUT2D eigenvalue weighted by atomic mass is 32.1. The predicted octanol–water partition coefficient (Wildman–Crippen LogP) is 8.39. The van der Waals surface area contributed by atoms with Crippen molar-refractivity contribution >= 4 is 49.3 Å². The largest absolute Gasteiger partial charge is 0.309 e. The Morgan fingerprint density at radius 3 is 2.42 bits per heavy atom. The minimum absolute atomic E-state index is 0.652. The van der Waals surface area contributed by atoms with E-state index in [0.29, 0.717) is 5.56 Å². The van der Waals surface area contributed by atoms with E-state index in [1.54, 1.807) is 11.3 Å². The van der Waals surface area contributed by atoms with Gasteiger partial charge in [-0.25, -0.2) is 0 Å². The molecule has 0 N–H and O–H groups in total. The smallest absolute Gasteiger partial charge is 0.0992 e. The lowest BCUT2D eigenvalue weighted by atomic mass is 9.95. The van der Waals surface area contributed by atoms with E-state index in [2.05, 4.69) is 95.6 Å². The van der Waals surface area contributed by atoms with Crippen LogP contribution in [0.4, 0.5) is 0 Å². The molecule has 2 heterocycles. The summed E-state index contributed by atoms with van der Waals surface area (Å²) in [4.78, 5) is 1.21. The van der Waals surface area contributed by atoms with Crippen molar-refractivity contribution in [3.05, 3.63) is 107 Å². The van der Waals surface area contributed by atoms with Crippen molar-refractivity contribution in [1.29, 1.82) is 10.5 Å². The molecule has 0 bridgehead atoms. The van der Waals surface area contributed by atoms with Gasteiger partial charge in [-0.05, 0) is 65.8 Å². The topological polar surface area (TPSA) is 52.5 Å². The number of fused-ring (bicyclic) bond motifs is 6. The predicted molar refractivity (Wildman–Crippen MR) is 148 cm³/mol. The number of para-hydroxylation sites is 2. The van der Waals surface area contributed by atoms with Gasteiger partial charge in [-0.15, -0.1) is 11.3 Å². The van der Waals surface area contributed by atoms with Crippen LogP contribution in [0.2, 0.25) is 0 Å². The number of allylic oxidation sites excluding steroid dienone is 1. The van der Waals surface area contributed by atoms with Gasteiger partial charge >= 0.3 is 0 Å². The molecular formula is C32H19N3S. The Hall–Kier alpha value is -4.64. The van der Waals surface area contributed by atoms with Gasteiger partial charge in [0.1, 0.15) is 0 Å². The van der Waals surface area contributed by atoms with Crippen LogP contribution in [0, 0.1) is 22.7 Å². The molecule has 0 amide bonds. The second-order valence-electron chi connectivity index (χ2n) is 9.15. The van der Waals surface area contributed by atoms with E-state index in [9.17, 15) is 10.5 Å². The normalized spacial score (nSPS) is 12.9. The van der Waals surface area contributed by atoms with E-state index in [0.717, 1.165) is 51.6 Å². The Balaban J connectivity index is 1.48. The van der Waals surface area contributed by atoms with Gasteiger partial charge in [0.2, 0.25) is 0 Å². The number of nitrogens with zero attached hydrogens (tertiary/aromatic N) is 3.